The lowest BCUT2D eigenvalue weighted by atomic mass is 10.1. The van der Waals surface area contributed by atoms with Gasteiger partial charge in [0.15, 0.2) is 0 Å². The molecular formula is C14H22N2O. The van der Waals surface area contributed by atoms with E-state index in [4.69, 9.17) is 5.11 Å². The molecular weight excluding hydrogens is 212 g/mol. The third-order valence-corrected chi connectivity index (χ3v) is 2.61. The number of rotatable bonds is 8. The second-order valence-corrected chi connectivity index (χ2v) is 4.09. The summed E-state index contributed by atoms with van der Waals surface area (Å²) in [6.45, 7) is 7.16. The van der Waals surface area contributed by atoms with Gasteiger partial charge >= 0.3 is 0 Å². The first kappa shape index (κ1) is 13.9. The molecule has 0 aromatic heterocycles. The van der Waals surface area contributed by atoms with E-state index in [0.717, 1.165) is 19.6 Å². The molecule has 1 rings (SSSR count). The lowest BCUT2D eigenvalue weighted by Crippen LogP contribution is -2.26. The Morgan fingerprint density at radius 1 is 1.29 bits per heavy atom. The van der Waals surface area contributed by atoms with Gasteiger partial charge in [0.2, 0.25) is 0 Å². The first-order valence-electron chi connectivity index (χ1n) is 5.96. The second kappa shape index (κ2) is 8.01. The summed E-state index contributed by atoms with van der Waals surface area (Å²) in [6, 6.07) is 8.55. The first-order valence-corrected chi connectivity index (χ1v) is 5.96. The van der Waals surface area contributed by atoms with E-state index in [1.54, 1.807) is 0 Å². The van der Waals surface area contributed by atoms with Gasteiger partial charge in [0.1, 0.15) is 0 Å². The predicted octanol–water partition coefficient (Wildman–Crippen LogP) is 1.39. The van der Waals surface area contributed by atoms with E-state index in [9.17, 15) is 0 Å². The van der Waals surface area contributed by atoms with Crippen LogP contribution in [0.1, 0.15) is 11.1 Å². The third-order valence-electron chi connectivity index (χ3n) is 2.61. The minimum atomic E-state index is 0.186. The molecule has 0 aliphatic heterocycles. The van der Waals surface area contributed by atoms with Gasteiger partial charge in [-0.25, -0.2) is 0 Å². The maximum atomic E-state index is 8.97. The molecule has 0 aliphatic rings. The maximum absolute atomic E-state index is 8.97. The summed E-state index contributed by atoms with van der Waals surface area (Å²) >= 11 is 0. The Kier molecular flexibility index (Phi) is 6.55. The number of hydrogen-bond donors (Lipinski definition) is 2. The molecule has 2 N–H and O–H groups in total. The zero-order valence-electron chi connectivity index (χ0n) is 10.5. The number of hydrogen-bond acceptors (Lipinski definition) is 3. The van der Waals surface area contributed by atoms with Crippen molar-refractivity contribution in [3.05, 3.63) is 48.0 Å². The van der Waals surface area contributed by atoms with E-state index in [0.29, 0.717) is 6.54 Å². The van der Waals surface area contributed by atoms with Crippen LogP contribution in [0.3, 0.4) is 0 Å². The monoisotopic (exact) mass is 234 g/mol. The molecule has 3 nitrogen and oxygen atoms in total. The van der Waals surface area contributed by atoms with Gasteiger partial charge in [0.25, 0.3) is 0 Å². The molecule has 0 unspecified atom stereocenters. The van der Waals surface area contributed by atoms with Crippen molar-refractivity contribution in [1.82, 2.24) is 10.2 Å². The summed E-state index contributed by atoms with van der Waals surface area (Å²) in [4.78, 5) is 2.17. The van der Waals surface area contributed by atoms with Crippen LogP contribution in [-0.2, 0) is 13.1 Å². The van der Waals surface area contributed by atoms with Crippen LogP contribution in [0, 0.1) is 0 Å². The van der Waals surface area contributed by atoms with E-state index in [1.165, 1.54) is 11.1 Å². The van der Waals surface area contributed by atoms with Crippen molar-refractivity contribution in [3.8, 4) is 0 Å². The predicted molar refractivity (Wildman–Crippen MR) is 71.8 cm³/mol. The van der Waals surface area contributed by atoms with Crippen molar-refractivity contribution in [1.29, 1.82) is 0 Å². The van der Waals surface area contributed by atoms with Crippen LogP contribution in [0.15, 0.2) is 36.9 Å². The highest BCUT2D eigenvalue weighted by atomic mass is 16.3. The average Bonchev–Trinajstić information content (AvgIpc) is 2.33. The smallest absolute Gasteiger partial charge is 0.0558 e. The van der Waals surface area contributed by atoms with E-state index in [-0.39, 0.29) is 6.61 Å². The molecule has 1 aromatic carbocycles. The van der Waals surface area contributed by atoms with Crippen molar-refractivity contribution in [3.63, 3.8) is 0 Å². The normalized spacial score (nSPS) is 10.8. The van der Waals surface area contributed by atoms with Gasteiger partial charge in [-0.2, -0.15) is 0 Å². The van der Waals surface area contributed by atoms with Gasteiger partial charge in [0, 0.05) is 26.2 Å². The van der Waals surface area contributed by atoms with Crippen LogP contribution in [-0.4, -0.2) is 36.8 Å². The van der Waals surface area contributed by atoms with Crippen LogP contribution < -0.4 is 5.32 Å². The second-order valence-electron chi connectivity index (χ2n) is 4.09. The molecule has 0 saturated heterocycles. The Bertz CT molecular complexity index is 321. The highest BCUT2D eigenvalue weighted by Gasteiger charge is 2.03. The molecule has 0 saturated carbocycles. The molecule has 0 atom stereocenters. The minimum Gasteiger partial charge on any atom is -0.395 e. The van der Waals surface area contributed by atoms with E-state index < -0.39 is 0 Å². The summed E-state index contributed by atoms with van der Waals surface area (Å²) in [5, 5.41) is 12.1. The molecule has 0 amide bonds. The fourth-order valence-corrected chi connectivity index (χ4v) is 1.78. The van der Waals surface area contributed by atoms with Crippen molar-refractivity contribution in [2.75, 3.05) is 26.7 Å². The molecule has 0 spiro atoms. The SMILES string of the molecule is C=CCN(CCO)Cc1ccc(CNC)cc1. The Hall–Kier alpha value is -1.16. The largest absolute Gasteiger partial charge is 0.395 e. The number of benzene rings is 1. The molecule has 0 heterocycles. The molecule has 0 aliphatic carbocycles. The van der Waals surface area contributed by atoms with Gasteiger partial charge in [-0.1, -0.05) is 30.3 Å². The summed E-state index contributed by atoms with van der Waals surface area (Å²) < 4.78 is 0. The highest BCUT2D eigenvalue weighted by molar-refractivity contribution is 5.22. The standard InChI is InChI=1S/C14H22N2O/c1-3-8-16(9-10-17)12-14-6-4-13(5-7-14)11-15-2/h3-7,15,17H,1,8-12H2,2H3. The summed E-state index contributed by atoms with van der Waals surface area (Å²) in [7, 11) is 1.95. The lowest BCUT2D eigenvalue weighted by Gasteiger charge is -2.19. The first-order chi connectivity index (χ1) is 8.30. The molecule has 0 radical (unpaired) electrons. The van der Waals surface area contributed by atoms with E-state index in [1.807, 2.05) is 13.1 Å². The van der Waals surface area contributed by atoms with Gasteiger partial charge in [0.05, 0.1) is 6.61 Å². The molecule has 0 bridgehead atoms. The quantitative estimate of drug-likeness (QED) is 0.667. The van der Waals surface area contributed by atoms with Gasteiger partial charge in [-0.3, -0.25) is 4.90 Å². The van der Waals surface area contributed by atoms with Gasteiger partial charge < -0.3 is 10.4 Å². The Morgan fingerprint density at radius 2 is 1.94 bits per heavy atom. The fourth-order valence-electron chi connectivity index (χ4n) is 1.78. The summed E-state index contributed by atoms with van der Waals surface area (Å²) in [5.41, 5.74) is 2.55. The number of aliphatic hydroxyl groups excluding tert-OH is 1. The minimum absolute atomic E-state index is 0.186. The maximum Gasteiger partial charge on any atom is 0.0558 e. The topological polar surface area (TPSA) is 35.5 Å². The Labute approximate surface area is 104 Å². The van der Waals surface area contributed by atoms with Crippen molar-refractivity contribution in [2.24, 2.45) is 0 Å². The van der Waals surface area contributed by atoms with Gasteiger partial charge in [-0.05, 0) is 18.2 Å². The van der Waals surface area contributed by atoms with Crippen LogP contribution >= 0.6 is 0 Å². The van der Waals surface area contributed by atoms with Crippen molar-refractivity contribution >= 4 is 0 Å². The van der Waals surface area contributed by atoms with Crippen LogP contribution in [0.5, 0.6) is 0 Å². The molecule has 94 valence electrons. The van der Waals surface area contributed by atoms with E-state index >= 15 is 0 Å². The Morgan fingerprint density at radius 3 is 2.47 bits per heavy atom. The number of aliphatic hydroxyl groups is 1. The molecule has 17 heavy (non-hydrogen) atoms. The zero-order chi connectivity index (χ0) is 12.5. The Balaban J connectivity index is 2.56. The molecule has 1 aromatic rings. The lowest BCUT2D eigenvalue weighted by molar-refractivity contribution is 0.203. The van der Waals surface area contributed by atoms with Crippen LogP contribution in [0.25, 0.3) is 0 Å². The zero-order valence-corrected chi connectivity index (χ0v) is 10.5. The fraction of sp³-hybridized carbons (Fsp3) is 0.429. The highest BCUT2D eigenvalue weighted by Crippen LogP contribution is 2.07. The molecule has 3 heteroatoms. The van der Waals surface area contributed by atoms with Crippen molar-refractivity contribution in [2.45, 2.75) is 13.1 Å². The van der Waals surface area contributed by atoms with E-state index in [2.05, 4.69) is 41.1 Å². The number of nitrogens with one attached hydrogen (secondary N) is 1. The summed E-state index contributed by atoms with van der Waals surface area (Å²) in [6.07, 6.45) is 1.87. The van der Waals surface area contributed by atoms with Crippen LogP contribution in [0.4, 0.5) is 0 Å². The molecule has 0 fully saturated rings. The van der Waals surface area contributed by atoms with Gasteiger partial charge in [-0.15, -0.1) is 6.58 Å². The van der Waals surface area contributed by atoms with Crippen LogP contribution in [0.2, 0.25) is 0 Å². The van der Waals surface area contributed by atoms with Crippen molar-refractivity contribution < 1.29 is 5.11 Å². The summed E-state index contributed by atoms with van der Waals surface area (Å²) in [5.74, 6) is 0. The number of nitrogens with zero attached hydrogens (tertiary/aromatic N) is 1. The third kappa shape index (κ3) is 5.13. The average molecular weight is 234 g/mol.